The van der Waals surface area contributed by atoms with Crippen molar-refractivity contribution in [2.75, 3.05) is 6.54 Å². The number of halogens is 3. The van der Waals surface area contributed by atoms with E-state index in [1.165, 1.54) is 11.0 Å². The molecule has 2 aliphatic heterocycles. The van der Waals surface area contributed by atoms with Crippen LogP contribution in [0.2, 0.25) is 0 Å². The van der Waals surface area contributed by atoms with E-state index >= 15 is 0 Å². The highest BCUT2D eigenvalue weighted by atomic mass is 19.4. The Labute approximate surface area is 196 Å². The van der Waals surface area contributed by atoms with Gasteiger partial charge in [-0.05, 0) is 30.7 Å². The van der Waals surface area contributed by atoms with E-state index in [0.717, 1.165) is 12.8 Å². The van der Waals surface area contributed by atoms with Crippen LogP contribution in [0.4, 0.5) is 13.2 Å². The number of nitrogens with one attached hydrogen (secondary N) is 3. The first-order chi connectivity index (χ1) is 16.0. The second kappa shape index (κ2) is 8.78. The van der Waals surface area contributed by atoms with Gasteiger partial charge in [-0.15, -0.1) is 0 Å². The van der Waals surface area contributed by atoms with Crippen LogP contribution in [0, 0.1) is 23.2 Å². The Hall–Kier alpha value is -2.78. The molecule has 2 fully saturated rings. The lowest BCUT2D eigenvalue weighted by Crippen LogP contribution is -2.62. The van der Waals surface area contributed by atoms with E-state index in [4.69, 9.17) is 10.1 Å². The molecule has 7 nitrogen and oxygen atoms in total. The maximum absolute atomic E-state index is 13.4. The molecule has 10 heteroatoms. The largest absolute Gasteiger partial charge is 0.480 e. The Balaban J connectivity index is 1.42. The molecule has 5 atom stereocenters. The molecular formula is C24H31F3N4O3. The van der Waals surface area contributed by atoms with E-state index < -0.39 is 36.2 Å². The van der Waals surface area contributed by atoms with Crippen LogP contribution in [0.15, 0.2) is 24.3 Å². The number of para-hydroxylation sites is 1. The molecule has 34 heavy (non-hydrogen) atoms. The van der Waals surface area contributed by atoms with Crippen LogP contribution in [0.25, 0.3) is 0 Å². The number of ether oxygens (including phenoxy) is 1. The minimum Gasteiger partial charge on any atom is -0.480 e. The monoisotopic (exact) mass is 480 g/mol. The molecule has 1 saturated heterocycles. The Morgan fingerprint density at radius 2 is 1.97 bits per heavy atom. The zero-order chi connectivity index (χ0) is 24.8. The summed E-state index contributed by atoms with van der Waals surface area (Å²) in [6.45, 7) is 6.09. The molecule has 3 N–H and O–H groups in total. The number of carbonyl (C=O) groups excluding carboxylic acids is 2. The maximum Gasteiger partial charge on any atom is 0.425 e. The molecule has 0 bridgehead atoms. The number of alkyl halides is 3. The lowest BCUT2D eigenvalue weighted by atomic mass is 9.87. The molecule has 2 amide bonds. The zero-order valence-electron chi connectivity index (χ0n) is 19.5. The van der Waals surface area contributed by atoms with E-state index in [0.29, 0.717) is 5.56 Å². The van der Waals surface area contributed by atoms with E-state index in [1.54, 1.807) is 18.2 Å². The van der Waals surface area contributed by atoms with Gasteiger partial charge >= 0.3 is 6.18 Å². The Morgan fingerprint density at radius 3 is 2.59 bits per heavy atom. The lowest BCUT2D eigenvalue weighted by Gasteiger charge is -2.42. The van der Waals surface area contributed by atoms with Crippen molar-refractivity contribution in [2.45, 2.75) is 70.3 Å². The van der Waals surface area contributed by atoms with Gasteiger partial charge in [-0.2, -0.15) is 13.2 Å². The number of fused-ring (bicyclic) bond motifs is 1. The minimum absolute atomic E-state index is 0.0434. The molecule has 1 saturated carbocycles. The van der Waals surface area contributed by atoms with Crippen molar-refractivity contribution in [3.05, 3.63) is 29.8 Å². The van der Waals surface area contributed by atoms with Crippen molar-refractivity contribution < 1.29 is 27.5 Å². The number of carbonyl (C=O) groups is 2. The number of benzene rings is 1. The average Bonchev–Trinajstić information content (AvgIpc) is 3.44. The molecule has 1 unspecified atom stereocenters. The summed E-state index contributed by atoms with van der Waals surface area (Å²) in [7, 11) is 0. The second-order valence-corrected chi connectivity index (χ2v) is 9.67. The first kappa shape index (κ1) is 24.3. The van der Waals surface area contributed by atoms with Crippen molar-refractivity contribution in [3.63, 3.8) is 0 Å². The van der Waals surface area contributed by atoms with E-state index in [2.05, 4.69) is 10.6 Å². The summed E-state index contributed by atoms with van der Waals surface area (Å²) in [5, 5.41) is 14.3. The topological polar surface area (TPSA) is 94.5 Å². The molecule has 4 rings (SSSR count). The van der Waals surface area contributed by atoms with Gasteiger partial charge in [-0.1, -0.05) is 39.0 Å². The smallest absolute Gasteiger partial charge is 0.425 e. The second-order valence-electron chi connectivity index (χ2n) is 9.67. The third kappa shape index (κ3) is 4.46. The highest BCUT2D eigenvalue weighted by Crippen LogP contribution is 2.48. The van der Waals surface area contributed by atoms with Gasteiger partial charge in [0.1, 0.15) is 5.75 Å². The number of rotatable bonds is 6. The summed E-state index contributed by atoms with van der Waals surface area (Å²) in [5.74, 6) is -0.935. The summed E-state index contributed by atoms with van der Waals surface area (Å²) in [4.78, 5) is 27.2. The maximum atomic E-state index is 13.4. The quantitative estimate of drug-likeness (QED) is 0.578. The lowest BCUT2D eigenvalue weighted by molar-refractivity contribution is -0.201. The third-order valence-corrected chi connectivity index (χ3v) is 7.75. The van der Waals surface area contributed by atoms with Gasteiger partial charge in [0.15, 0.2) is 12.1 Å². The van der Waals surface area contributed by atoms with Gasteiger partial charge in [0, 0.05) is 30.0 Å². The fourth-order valence-corrected chi connectivity index (χ4v) is 5.23. The van der Waals surface area contributed by atoms with Crippen LogP contribution in [0.1, 0.15) is 58.1 Å². The molecule has 2 heterocycles. The molecule has 1 aromatic rings. The van der Waals surface area contributed by atoms with Gasteiger partial charge in [0.2, 0.25) is 11.8 Å². The third-order valence-electron chi connectivity index (χ3n) is 7.75. The summed E-state index contributed by atoms with van der Waals surface area (Å²) >= 11 is 0. The summed E-state index contributed by atoms with van der Waals surface area (Å²) in [6.07, 6.45) is -5.19. The van der Waals surface area contributed by atoms with Crippen LogP contribution in [0.5, 0.6) is 5.75 Å². The van der Waals surface area contributed by atoms with E-state index in [-0.39, 0.29) is 48.3 Å². The van der Waals surface area contributed by atoms with Crippen molar-refractivity contribution in [1.82, 2.24) is 15.5 Å². The van der Waals surface area contributed by atoms with Crippen LogP contribution in [-0.2, 0) is 9.59 Å². The molecular weight excluding hydrogens is 449 g/mol. The zero-order valence-corrected chi connectivity index (χ0v) is 19.5. The standard InChI is InChI=1S/C24H31F3N4O3/c1-4-23(5-2)11-19(32)31(22(28)30-23)12-15-13(3)20(15)21(33)29-16-10-18(24(25,26)27)34-17-9-7-6-8-14(16)17/h6-9,13,15-16,18,20H,4-5,10-12H2,1-3H3,(H2,28,30)(H,29,33)/t13?,15-,16+,18-,20-/m1/s1. The van der Waals surface area contributed by atoms with Gasteiger partial charge < -0.3 is 15.4 Å². The van der Waals surface area contributed by atoms with Gasteiger partial charge in [-0.3, -0.25) is 19.9 Å². The molecule has 3 aliphatic rings. The summed E-state index contributed by atoms with van der Waals surface area (Å²) in [5.41, 5.74) is 0.107. The molecule has 1 aromatic carbocycles. The first-order valence-corrected chi connectivity index (χ1v) is 11.8. The highest BCUT2D eigenvalue weighted by molar-refractivity contribution is 5.99. The van der Waals surface area contributed by atoms with Crippen molar-refractivity contribution in [3.8, 4) is 5.75 Å². The van der Waals surface area contributed by atoms with Gasteiger partial charge in [-0.25, -0.2) is 0 Å². The number of guanidine groups is 1. The molecule has 0 spiro atoms. The fourth-order valence-electron chi connectivity index (χ4n) is 5.23. The Morgan fingerprint density at radius 1 is 1.29 bits per heavy atom. The van der Waals surface area contributed by atoms with E-state index in [1.807, 2.05) is 20.8 Å². The molecule has 186 valence electrons. The molecule has 0 radical (unpaired) electrons. The van der Waals surface area contributed by atoms with E-state index in [9.17, 15) is 22.8 Å². The van der Waals surface area contributed by atoms with Crippen LogP contribution in [-0.4, -0.2) is 47.0 Å². The first-order valence-electron chi connectivity index (χ1n) is 11.8. The normalized spacial score (nSPS) is 30.2. The predicted molar refractivity (Wildman–Crippen MR) is 119 cm³/mol. The Bertz CT molecular complexity index is 958. The highest BCUT2D eigenvalue weighted by Gasteiger charge is 2.55. The van der Waals surface area contributed by atoms with Crippen molar-refractivity contribution in [1.29, 1.82) is 5.41 Å². The average molecular weight is 481 g/mol. The summed E-state index contributed by atoms with van der Waals surface area (Å²) < 4.78 is 45.3. The SMILES string of the molecule is CCC1(CC)CC(=O)N(C[C@@H]2C(C)[C@H]2C(=O)N[C@H]2C[C@H](C(F)(F)F)Oc3ccccc32)C(=N)N1. The van der Waals surface area contributed by atoms with Crippen LogP contribution in [0.3, 0.4) is 0 Å². The number of amides is 2. The minimum atomic E-state index is -4.54. The predicted octanol–water partition coefficient (Wildman–Crippen LogP) is 3.75. The van der Waals surface area contributed by atoms with Crippen LogP contribution >= 0.6 is 0 Å². The van der Waals surface area contributed by atoms with Crippen LogP contribution < -0.4 is 15.4 Å². The number of nitrogens with zero attached hydrogens (tertiary/aromatic N) is 1. The summed E-state index contributed by atoms with van der Waals surface area (Å²) in [6, 6.07) is 5.62. The Kier molecular flexibility index (Phi) is 6.29. The number of hydrogen-bond acceptors (Lipinski definition) is 4. The van der Waals surface area contributed by atoms with Crippen molar-refractivity contribution >= 4 is 17.8 Å². The number of hydrogen-bond donors (Lipinski definition) is 3. The van der Waals surface area contributed by atoms with Gasteiger partial charge in [0.25, 0.3) is 0 Å². The fraction of sp³-hybridized carbons (Fsp3) is 0.625. The molecule has 1 aliphatic carbocycles. The molecule has 0 aromatic heterocycles. The van der Waals surface area contributed by atoms with Crippen molar-refractivity contribution in [2.24, 2.45) is 17.8 Å². The van der Waals surface area contributed by atoms with Gasteiger partial charge in [0.05, 0.1) is 12.5 Å².